The zero-order valence-corrected chi connectivity index (χ0v) is 17.1. The molecule has 0 bridgehead atoms. The van der Waals surface area contributed by atoms with Crippen molar-refractivity contribution in [3.05, 3.63) is 66.0 Å². The summed E-state index contributed by atoms with van der Waals surface area (Å²) in [4.78, 5) is 36.5. The number of urea groups is 1. The summed E-state index contributed by atoms with van der Waals surface area (Å²) in [5, 5.41) is 10.7. The Labute approximate surface area is 175 Å². The normalized spacial score (nSPS) is 11.5. The molecule has 4 N–H and O–H groups in total. The van der Waals surface area contributed by atoms with E-state index in [-0.39, 0.29) is 37.2 Å². The minimum atomic E-state index is -0.725. The molecule has 2 rings (SSSR count). The van der Waals surface area contributed by atoms with Crippen molar-refractivity contribution in [1.82, 2.24) is 16.0 Å². The maximum absolute atomic E-state index is 13.2. The van der Waals surface area contributed by atoms with Gasteiger partial charge in [-0.05, 0) is 35.7 Å². The van der Waals surface area contributed by atoms with Gasteiger partial charge in [0.15, 0.2) is 0 Å². The van der Waals surface area contributed by atoms with E-state index in [2.05, 4.69) is 21.3 Å². The van der Waals surface area contributed by atoms with E-state index in [1.807, 2.05) is 19.9 Å². The molecular formula is C22H27FN4O3. The number of rotatable bonds is 9. The van der Waals surface area contributed by atoms with E-state index in [4.69, 9.17) is 0 Å². The van der Waals surface area contributed by atoms with Gasteiger partial charge >= 0.3 is 6.03 Å². The van der Waals surface area contributed by atoms with Gasteiger partial charge in [-0.1, -0.05) is 44.2 Å². The monoisotopic (exact) mass is 414 g/mol. The molecule has 0 aliphatic rings. The predicted molar refractivity (Wildman–Crippen MR) is 113 cm³/mol. The molecule has 0 radical (unpaired) electrons. The fourth-order valence-corrected chi connectivity index (χ4v) is 2.76. The van der Waals surface area contributed by atoms with Gasteiger partial charge < -0.3 is 21.3 Å². The summed E-state index contributed by atoms with van der Waals surface area (Å²) in [6.07, 6.45) is 0.0571. The standard InChI is InChI=1S/C22H27FN4O3/c1-15(2)20(27-22(30)26-18-9-4-3-5-10-18)21(29)25-12-11-24-19(28)14-16-7-6-8-17(23)13-16/h3-10,13,15,20H,11-12,14H2,1-2H3,(H,24,28)(H,25,29)(H2,26,27,30). The highest BCUT2D eigenvalue weighted by atomic mass is 19.1. The van der Waals surface area contributed by atoms with Gasteiger partial charge in [0, 0.05) is 18.8 Å². The van der Waals surface area contributed by atoms with Gasteiger partial charge in [-0.3, -0.25) is 9.59 Å². The molecule has 1 unspecified atom stereocenters. The van der Waals surface area contributed by atoms with Crippen LogP contribution in [0.5, 0.6) is 0 Å². The SMILES string of the molecule is CC(C)C(NC(=O)Nc1ccccc1)C(=O)NCCNC(=O)Cc1cccc(F)c1. The number of hydrogen-bond acceptors (Lipinski definition) is 3. The number of carbonyl (C=O) groups excluding carboxylic acids is 3. The summed E-state index contributed by atoms with van der Waals surface area (Å²) in [5.74, 6) is -1.13. The van der Waals surface area contributed by atoms with Crippen LogP contribution in [0.1, 0.15) is 19.4 Å². The Kier molecular flexibility index (Phi) is 8.80. The maximum Gasteiger partial charge on any atom is 0.319 e. The second-order valence-corrected chi connectivity index (χ2v) is 7.13. The van der Waals surface area contributed by atoms with E-state index in [1.54, 1.807) is 36.4 Å². The molecule has 0 aromatic heterocycles. The average molecular weight is 414 g/mol. The highest BCUT2D eigenvalue weighted by Crippen LogP contribution is 2.07. The number of hydrogen-bond donors (Lipinski definition) is 4. The molecule has 160 valence electrons. The molecule has 0 saturated heterocycles. The lowest BCUT2D eigenvalue weighted by Crippen LogP contribution is -2.51. The quantitative estimate of drug-likeness (QED) is 0.474. The zero-order valence-electron chi connectivity index (χ0n) is 17.1. The third-order valence-corrected chi connectivity index (χ3v) is 4.27. The summed E-state index contributed by atoms with van der Waals surface area (Å²) >= 11 is 0. The number of carbonyl (C=O) groups is 3. The van der Waals surface area contributed by atoms with Crippen LogP contribution in [-0.2, 0) is 16.0 Å². The number of amides is 4. The van der Waals surface area contributed by atoms with Crippen LogP contribution >= 0.6 is 0 Å². The van der Waals surface area contributed by atoms with Gasteiger partial charge in [0.05, 0.1) is 6.42 Å². The largest absolute Gasteiger partial charge is 0.354 e. The van der Waals surface area contributed by atoms with Gasteiger partial charge in [0.2, 0.25) is 11.8 Å². The van der Waals surface area contributed by atoms with Crippen molar-refractivity contribution in [3.63, 3.8) is 0 Å². The number of para-hydroxylation sites is 1. The Balaban J connectivity index is 1.74. The first-order valence-electron chi connectivity index (χ1n) is 9.76. The summed E-state index contributed by atoms with van der Waals surface area (Å²) in [5.41, 5.74) is 1.20. The molecule has 0 aliphatic heterocycles. The lowest BCUT2D eigenvalue weighted by atomic mass is 10.0. The molecule has 1 atom stereocenters. The molecule has 7 nitrogen and oxygen atoms in total. The van der Waals surface area contributed by atoms with Crippen molar-refractivity contribution in [2.45, 2.75) is 26.3 Å². The molecular weight excluding hydrogens is 387 g/mol. The Morgan fingerprint density at radius 3 is 2.30 bits per heavy atom. The second-order valence-electron chi connectivity index (χ2n) is 7.13. The average Bonchev–Trinajstić information content (AvgIpc) is 2.70. The second kappa shape index (κ2) is 11.5. The zero-order chi connectivity index (χ0) is 21.9. The molecule has 4 amide bonds. The smallest absolute Gasteiger partial charge is 0.319 e. The number of anilines is 1. The van der Waals surface area contributed by atoms with Crippen LogP contribution in [0.25, 0.3) is 0 Å². The van der Waals surface area contributed by atoms with Crippen LogP contribution < -0.4 is 21.3 Å². The number of benzene rings is 2. The molecule has 0 spiro atoms. The van der Waals surface area contributed by atoms with E-state index in [0.717, 1.165) is 0 Å². The van der Waals surface area contributed by atoms with E-state index < -0.39 is 17.9 Å². The van der Waals surface area contributed by atoms with Crippen LogP contribution in [0.2, 0.25) is 0 Å². The van der Waals surface area contributed by atoms with Crippen molar-refractivity contribution in [2.24, 2.45) is 5.92 Å². The van der Waals surface area contributed by atoms with Crippen LogP contribution in [-0.4, -0.2) is 37.0 Å². The number of nitrogens with one attached hydrogen (secondary N) is 4. The summed E-state index contributed by atoms with van der Waals surface area (Å²) in [6.45, 7) is 4.08. The Morgan fingerprint density at radius 2 is 1.63 bits per heavy atom. The van der Waals surface area contributed by atoms with Crippen molar-refractivity contribution in [3.8, 4) is 0 Å². The predicted octanol–water partition coefficient (Wildman–Crippen LogP) is 2.45. The molecule has 2 aromatic carbocycles. The minimum Gasteiger partial charge on any atom is -0.354 e. The number of halogens is 1. The van der Waals surface area contributed by atoms with E-state index in [9.17, 15) is 18.8 Å². The van der Waals surface area contributed by atoms with Crippen molar-refractivity contribution in [1.29, 1.82) is 0 Å². The molecule has 0 fully saturated rings. The minimum absolute atomic E-state index is 0.0571. The Bertz CT molecular complexity index is 858. The molecule has 0 aliphatic carbocycles. The van der Waals surface area contributed by atoms with Gasteiger partial charge in [0.25, 0.3) is 0 Å². The summed E-state index contributed by atoms with van der Waals surface area (Å²) in [7, 11) is 0. The lowest BCUT2D eigenvalue weighted by Gasteiger charge is -2.22. The Morgan fingerprint density at radius 1 is 0.933 bits per heavy atom. The molecule has 30 heavy (non-hydrogen) atoms. The highest BCUT2D eigenvalue weighted by molar-refractivity contribution is 5.93. The molecule has 0 heterocycles. The molecule has 8 heteroatoms. The third kappa shape index (κ3) is 7.90. The van der Waals surface area contributed by atoms with Crippen molar-refractivity contribution >= 4 is 23.5 Å². The maximum atomic E-state index is 13.2. The van der Waals surface area contributed by atoms with Crippen LogP contribution in [0, 0.1) is 11.7 Å². The van der Waals surface area contributed by atoms with E-state index in [0.29, 0.717) is 11.3 Å². The summed E-state index contributed by atoms with van der Waals surface area (Å²) in [6, 6.07) is 13.6. The fourth-order valence-electron chi connectivity index (χ4n) is 2.76. The fraction of sp³-hybridized carbons (Fsp3) is 0.318. The van der Waals surface area contributed by atoms with Crippen molar-refractivity contribution < 1.29 is 18.8 Å². The van der Waals surface area contributed by atoms with Gasteiger partial charge in [-0.15, -0.1) is 0 Å². The van der Waals surface area contributed by atoms with Crippen molar-refractivity contribution in [2.75, 3.05) is 18.4 Å². The Hall–Kier alpha value is -3.42. The topological polar surface area (TPSA) is 99.3 Å². The molecule has 2 aromatic rings. The van der Waals surface area contributed by atoms with Crippen LogP contribution in [0.3, 0.4) is 0 Å². The summed E-state index contributed by atoms with van der Waals surface area (Å²) < 4.78 is 13.2. The first-order valence-corrected chi connectivity index (χ1v) is 9.76. The van der Waals surface area contributed by atoms with Gasteiger partial charge in [-0.25, -0.2) is 9.18 Å². The van der Waals surface area contributed by atoms with Crippen LogP contribution in [0.4, 0.5) is 14.9 Å². The first kappa shape index (κ1) is 22.9. The van der Waals surface area contributed by atoms with Gasteiger partial charge in [-0.2, -0.15) is 0 Å². The van der Waals surface area contributed by atoms with E-state index in [1.165, 1.54) is 12.1 Å². The van der Waals surface area contributed by atoms with Crippen LogP contribution in [0.15, 0.2) is 54.6 Å². The van der Waals surface area contributed by atoms with Gasteiger partial charge in [0.1, 0.15) is 11.9 Å². The third-order valence-electron chi connectivity index (χ3n) is 4.27. The first-order chi connectivity index (χ1) is 14.3. The lowest BCUT2D eigenvalue weighted by molar-refractivity contribution is -0.124. The van der Waals surface area contributed by atoms with E-state index >= 15 is 0 Å². The molecule has 0 saturated carbocycles. The highest BCUT2D eigenvalue weighted by Gasteiger charge is 2.23.